The van der Waals surface area contributed by atoms with E-state index in [9.17, 15) is 0 Å². The molecule has 3 nitrogen and oxygen atoms in total. The van der Waals surface area contributed by atoms with E-state index in [-0.39, 0.29) is 0 Å². The zero-order valence-electron chi connectivity index (χ0n) is 13.8. The van der Waals surface area contributed by atoms with Crippen LogP contribution in [0.4, 0.5) is 0 Å². The van der Waals surface area contributed by atoms with E-state index in [0.717, 1.165) is 12.6 Å². The minimum Gasteiger partial charge on any atom is -0.316 e. The summed E-state index contributed by atoms with van der Waals surface area (Å²) in [5.41, 5.74) is 0.463. The quantitative estimate of drug-likeness (QED) is 0.730. The molecule has 1 saturated heterocycles. The Labute approximate surface area is 120 Å². The van der Waals surface area contributed by atoms with Crippen LogP contribution in [0.5, 0.6) is 0 Å². The summed E-state index contributed by atoms with van der Waals surface area (Å²) < 4.78 is 0. The molecule has 114 valence electrons. The van der Waals surface area contributed by atoms with Crippen molar-refractivity contribution in [1.29, 1.82) is 0 Å². The lowest BCUT2D eigenvalue weighted by atomic mass is 9.81. The first-order valence-corrected chi connectivity index (χ1v) is 8.24. The molecule has 1 unspecified atom stereocenters. The van der Waals surface area contributed by atoms with Crippen LogP contribution in [0.1, 0.15) is 47.0 Å². The van der Waals surface area contributed by atoms with Gasteiger partial charge in [-0.15, -0.1) is 0 Å². The molecule has 0 spiro atoms. The first-order valence-electron chi connectivity index (χ1n) is 8.24. The Morgan fingerprint density at radius 2 is 1.79 bits per heavy atom. The average Bonchev–Trinajstić information content (AvgIpc) is 2.45. The van der Waals surface area contributed by atoms with Crippen molar-refractivity contribution in [2.24, 2.45) is 5.41 Å². The zero-order valence-corrected chi connectivity index (χ0v) is 13.8. The van der Waals surface area contributed by atoms with Crippen molar-refractivity contribution in [3.63, 3.8) is 0 Å². The summed E-state index contributed by atoms with van der Waals surface area (Å²) in [6.45, 7) is 16.5. The molecular formula is C16H35N3. The lowest BCUT2D eigenvalue weighted by Crippen LogP contribution is -2.54. The molecule has 0 aliphatic carbocycles. The van der Waals surface area contributed by atoms with Crippen molar-refractivity contribution in [3.8, 4) is 0 Å². The van der Waals surface area contributed by atoms with Gasteiger partial charge in [0.1, 0.15) is 0 Å². The summed E-state index contributed by atoms with van der Waals surface area (Å²) in [6, 6.07) is 0.749. The van der Waals surface area contributed by atoms with E-state index in [1.807, 2.05) is 0 Å². The van der Waals surface area contributed by atoms with Crippen LogP contribution < -0.4 is 5.32 Å². The van der Waals surface area contributed by atoms with Gasteiger partial charge in [-0.1, -0.05) is 27.7 Å². The van der Waals surface area contributed by atoms with Crippen molar-refractivity contribution in [2.45, 2.75) is 53.0 Å². The third kappa shape index (κ3) is 4.73. The molecule has 0 aromatic heterocycles. The monoisotopic (exact) mass is 269 g/mol. The molecule has 1 fully saturated rings. The minimum atomic E-state index is 0.463. The number of rotatable bonds is 8. The highest BCUT2D eigenvalue weighted by molar-refractivity contribution is 4.87. The molecule has 0 saturated carbocycles. The Hall–Kier alpha value is -0.120. The van der Waals surface area contributed by atoms with Crippen LogP contribution in [-0.2, 0) is 0 Å². The van der Waals surface area contributed by atoms with Gasteiger partial charge in [0.15, 0.2) is 0 Å². The molecule has 19 heavy (non-hydrogen) atoms. The number of piperazine rings is 1. The largest absolute Gasteiger partial charge is 0.316 e. The molecule has 1 heterocycles. The van der Waals surface area contributed by atoms with Crippen LogP contribution in [-0.4, -0.2) is 62.2 Å². The van der Waals surface area contributed by atoms with E-state index < -0.39 is 0 Å². The molecule has 1 aliphatic rings. The molecule has 1 atom stereocenters. The maximum atomic E-state index is 3.58. The minimum absolute atomic E-state index is 0.463. The van der Waals surface area contributed by atoms with Gasteiger partial charge >= 0.3 is 0 Å². The van der Waals surface area contributed by atoms with Gasteiger partial charge in [-0.05, 0) is 38.3 Å². The lowest BCUT2D eigenvalue weighted by molar-refractivity contribution is 0.0525. The van der Waals surface area contributed by atoms with Crippen molar-refractivity contribution >= 4 is 0 Å². The van der Waals surface area contributed by atoms with Gasteiger partial charge in [0.05, 0.1) is 0 Å². The van der Waals surface area contributed by atoms with E-state index in [0.29, 0.717) is 5.41 Å². The predicted molar refractivity (Wildman–Crippen MR) is 84.7 cm³/mol. The van der Waals surface area contributed by atoms with Gasteiger partial charge < -0.3 is 10.2 Å². The summed E-state index contributed by atoms with van der Waals surface area (Å²) in [7, 11) is 2.27. The summed E-state index contributed by atoms with van der Waals surface area (Å²) in [4.78, 5) is 5.23. The van der Waals surface area contributed by atoms with Gasteiger partial charge in [-0.25, -0.2) is 0 Å². The molecule has 0 radical (unpaired) electrons. The van der Waals surface area contributed by atoms with Gasteiger partial charge in [0.25, 0.3) is 0 Å². The summed E-state index contributed by atoms with van der Waals surface area (Å²) in [5, 5.41) is 3.58. The maximum Gasteiger partial charge on any atom is 0.0218 e. The zero-order chi connectivity index (χ0) is 14.3. The molecular weight excluding hydrogens is 234 g/mol. The van der Waals surface area contributed by atoms with E-state index in [4.69, 9.17) is 0 Å². The Bertz CT molecular complexity index is 238. The Morgan fingerprint density at radius 1 is 1.11 bits per heavy atom. The lowest BCUT2D eigenvalue weighted by Gasteiger charge is -2.44. The van der Waals surface area contributed by atoms with Crippen molar-refractivity contribution < 1.29 is 0 Å². The number of hydrogen-bond donors (Lipinski definition) is 1. The van der Waals surface area contributed by atoms with E-state index in [1.54, 1.807) is 0 Å². The fourth-order valence-corrected chi connectivity index (χ4v) is 3.24. The number of nitrogens with one attached hydrogen (secondary N) is 1. The van der Waals surface area contributed by atoms with Crippen LogP contribution in [0.25, 0.3) is 0 Å². The molecule has 0 bridgehead atoms. The van der Waals surface area contributed by atoms with Gasteiger partial charge in [0, 0.05) is 38.8 Å². The summed E-state index contributed by atoms with van der Waals surface area (Å²) in [6.07, 6.45) is 3.82. The van der Waals surface area contributed by atoms with Gasteiger partial charge in [-0.2, -0.15) is 0 Å². The second-order valence-corrected chi connectivity index (χ2v) is 6.27. The maximum absolute atomic E-state index is 3.58. The molecule has 0 aromatic rings. The van der Waals surface area contributed by atoms with Crippen LogP contribution in [0.2, 0.25) is 0 Å². The summed E-state index contributed by atoms with van der Waals surface area (Å²) in [5.74, 6) is 0. The Morgan fingerprint density at radius 3 is 2.32 bits per heavy atom. The van der Waals surface area contributed by atoms with E-state index in [1.165, 1.54) is 52.0 Å². The predicted octanol–water partition coefficient (Wildman–Crippen LogP) is 2.43. The normalized spacial score (nSPS) is 22.9. The smallest absolute Gasteiger partial charge is 0.0218 e. The molecule has 1 rings (SSSR count). The van der Waals surface area contributed by atoms with Crippen LogP contribution >= 0.6 is 0 Å². The van der Waals surface area contributed by atoms with Crippen molar-refractivity contribution in [1.82, 2.24) is 15.1 Å². The highest BCUT2D eigenvalue weighted by Gasteiger charge is 2.31. The number of nitrogens with zero attached hydrogens (tertiary/aromatic N) is 2. The topological polar surface area (TPSA) is 18.5 Å². The highest BCUT2D eigenvalue weighted by Crippen LogP contribution is 2.28. The summed E-state index contributed by atoms with van der Waals surface area (Å²) >= 11 is 0. The Kier molecular flexibility index (Phi) is 7.33. The van der Waals surface area contributed by atoms with E-state index >= 15 is 0 Å². The average molecular weight is 269 g/mol. The molecule has 1 N–H and O–H groups in total. The second-order valence-electron chi connectivity index (χ2n) is 6.27. The third-order valence-electron chi connectivity index (χ3n) is 5.14. The fourth-order valence-electron chi connectivity index (χ4n) is 3.24. The molecule has 0 amide bonds. The fraction of sp³-hybridized carbons (Fsp3) is 1.00. The Balaban J connectivity index is 2.58. The van der Waals surface area contributed by atoms with Crippen LogP contribution in [0, 0.1) is 5.41 Å². The van der Waals surface area contributed by atoms with Crippen molar-refractivity contribution in [3.05, 3.63) is 0 Å². The molecule has 1 aliphatic heterocycles. The van der Waals surface area contributed by atoms with Crippen molar-refractivity contribution in [2.75, 3.05) is 46.3 Å². The first-order chi connectivity index (χ1) is 9.10. The van der Waals surface area contributed by atoms with Crippen LogP contribution in [0.3, 0.4) is 0 Å². The second kappa shape index (κ2) is 8.23. The van der Waals surface area contributed by atoms with Gasteiger partial charge in [-0.3, -0.25) is 4.90 Å². The van der Waals surface area contributed by atoms with Gasteiger partial charge in [0.2, 0.25) is 0 Å². The van der Waals surface area contributed by atoms with Crippen LogP contribution in [0.15, 0.2) is 0 Å². The molecule has 3 heteroatoms. The molecule has 0 aromatic carbocycles. The van der Waals surface area contributed by atoms with E-state index in [2.05, 4.69) is 49.9 Å². The third-order valence-corrected chi connectivity index (χ3v) is 5.14. The SMILES string of the molecule is CCNCC(CC)(CC)CN1CCN(C)C(CC)C1. The number of hydrogen-bond acceptors (Lipinski definition) is 3. The highest BCUT2D eigenvalue weighted by atomic mass is 15.3. The standard InChI is InChI=1S/C16H35N3/c1-6-15-12-19(11-10-18(15)5)14-16(7-2,8-3)13-17-9-4/h15,17H,6-14H2,1-5H3. The first kappa shape index (κ1) is 16.9. The number of likely N-dealkylation sites (N-methyl/N-ethyl adjacent to an activating group) is 1.